The first-order valence-corrected chi connectivity index (χ1v) is 9.87. The van der Waals surface area contributed by atoms with Gasteiger partial charge in [-0.2, -0.15) is 17.0 Å². The summed E-state index contributed by atoms with van der Waals surface area (Å²) in [7, 11) is -3.32. The third-order valence-electron chi connectivity index (χ3n) is 5.11. The van der Waals surface area contributed by atoms with E-state index in [4.69, 9.17) is 0 Å². The van der Waals surface area contributed by atoms with E-state index in [0.29, 0.717) is 19.0 Å². The van der Waals surface area contributed by atoms with Gasteiger partial charge in [-0.1, -0.05) is 20.3 Å². The Bertz CT molecular complexity index is 427. The van der Waals surface area contributed by atoms with E-state index in [2.05, 4.69) is 26.1 Å². The SMILES string of the molecule is CCNCC1CCCCN1S(=O)(=O)N1CCCC(C)C1C. The van der Waals surface area contributed by atoms with E-state index in [1.807, 2.05) is 0 Å². The highest BCUT2D eigenvalue weighted by Gasteiger charge is 2.40. The Morgan fingerprint density at radius 3 is 2.48 bits per heavy atom. The third kappa shape index (κ3) is 3.78. The average molecular weight is 317 g/mol. The number of likely N-dealkylation sites (N-methyl/N-ethyl adjacent to an activating group) is 1. The molecule has 6 heteroatoms. The van der Waals surface area contributed by atoms with Crippen LogP contribution in [0.15, 0.2) is 0 Å². The molecular formula is C15H31N3O2S. The first-order valence-electron chi connectivity index (χ1n) is 8.47. The van der Waals surface area contributed by atoms with Gasteiger partial charge in [0.1, 0.15) is 0 Å². The fourth-order valence-corrected chi connectivity index (χ4v) is 5.72. The first kappa shape index (κ1) is 17.2. The molecule has 0 aromatic heterocycles. The first-order chi connectivity index (χ1) is 9.98. The Kier molecular flexibility index (Phi) is 6.05. The molecule has 2 rings (SSSR count). The van der Waals surface area contributed by atoms with E-state index in [1.165, 1.54) is 0 Å². The van der Waals surface area contributed by atoms with Crippen LogP contribution in [0.1, 0.15) is 52.9 Å². The Balaban J connectivity index is 2.15. The Morgan fingerprint density at radius 2 is 1.76 bits per heavy atom. The summed E-state index contributed by atoms with van der Waals surface area (Å²) in [6.07, 6.45) is 5.21. The van der Waals surface area contributed by atoms with Gasteiger partial charge in [0.05, 0.1) is 0 Å². The summed E-state index contributed by atoms with van der Waals surface area (Å²) in [5.41, 5.74) is 0. The summed E-state index contributed by atoms with van der Waals surface area (Å²) >= 11 is 0. The number of rotatable bonds is 5. The van der Waals surface area contributed by atoms with Crippen LogP contribution in [0.25, 0.3) is 0 Å². The van der Waals surface area contributed by atoms with Crippen LogP contribution in [0.4, 0.5) is 0 Å². The highest BCUT2D eigenvalue weighted by atomic mass is 32.2. The summed E-state index contributed by atoms with van der Waals surface area (Å²) in [5, 5.41) is 3.32. The molecule has 5 nitrogen and oxygen atoms in total. The van der Waals surface area contributed by atoms with E-state index in [0.717, 1.165) is 45.2 Å². The van der Waals surface area contributed by atoms with Gasteiger partial charge in [-0.15, -0.1) is 0 Å². The normalized spacial score (nSPS) is 33.2. The molecule has 0 aliphatic carbocycles. The number of nitrogens with zero attached hydrogens (tertiary/aromatic N) is 2. The quantitative estimate of drug-likeness (QED) is 0.841. The Labute approximate surface area is 130 Å². The molecule has 124 valence electrons. The minimum absolute atomic E-state index is 0.116. The van der Waals surface area contributed by atoms with E-state index >= 15 is 0 Å². The molecule has 1 N–H and O–H groups in total. The molecule has 0 aromatic carbocycles. The topological polar surface area (TPSA) is 52.7 Å². The van der Waals surface area contributed by atoms with Crippen molar-refractivity contribution in [2.45, 2.75) is 65.0 Å². The maximum Gasteiger partial charge on any atom is 0.282 e. The summed E-state index contributed by atoms with van der Waals surface area (Å²) in [6, 6.07) is 0.235. The Morgan fingerprint density at radius 1 is 1.05 bits per heavy atom. The fourth-order valence-electron chi connectivity index (χ4n) is 3.55. The summed E-state index contributed by atoms with van der Waals surface area (Å²) in [4.78, 5) is 0. The van der Waals surface area contributed by atoms with Crippen molar-refractivity contribution in [3.63, 3.8) is 0 Å². The molecule has 3 unspecified atom stereocenters. The largest absolute Gasteiger partial charge is 0.315 e. The zero-order valence-corrected chi connectivity index (χ0v) is 14.5. The lowest BCUT2D eigenvalue weighted by molar-refractivity contribution is 0.169. The highest BCUT2D eigenvalue weighted by molar-refractivity contribution is 7.86. The van der Waals surface area contributed by atoms with Gasteiger partial charge in [-0.05, 0) is 45.1 Å². The van der Waals surface area contributed by atoms with Gasteiger partial charge in [0.15, 0.2) is 0 Å². The van der Waals surface area contributed by atoms with Crippen LogP contribution in [0.5, 0.6) is 0 Å². The number of hydrogen-bond acceptors (Lipinski definition) is 3. The van der Waals surface area contributed by atoms with Crippen molar-refractivity contribution in [1.29, 1.82) is 0 Å². The van der Waals surface area contributed by atoms with Crippen molar-refractivity contribution in [2.75, 3.05) is 26.2 Å². The smallest absolute Gasteiger partial charge is 0.282 e. The van der Waals surface area contributed by atoms with Gasteiger partial charge in [0.25, 0.3) is 10.2 Å². The molecule has 21 heavy (non-hydrogen) atoms. The predicted octanol–water partition coefficient (Wildman–Crippen LogP) is 1.82. The van der Waals surface area contributed by atoms with Crippen molar-refractivity contribution in [2.24, 2.45) is 5.92 Å². The molecule has 2 saturated heterocycles. The summed E-state index contributed by atoms with van der Waals surface area (Å²) < 4.78 is 29.7. The summed E-state index contributed by atoms with van der Waals surface area (Å²) in [6.45, 7) is 9.31. The average Bonchev–Trinajstić information content (AvgIpc) is 2.48. The third-order valence-corrected chi connectivity index (χ3v) is 7.29. The molecule has 0 spiro atoms. The van der Waals surface area contributed by atoms with Gasteiger partial charge >= 0.3 is 0 Å². The van der Waals surface area contributed by atoms with Crippen LogP contribution in [-0.4, -0.2) is 55.3 Å². The van der Waals surface area contributed by atoms with Crippen molar-refractivity contribution in [3.8, 4) is 0 Å². The van der Waals surface area contributed by atoms with E-state index < -0.39 is 10.2 Å². The number of hydrogen-bond donors (Lipinski definition) is 1. The van der Waals surface area contributed by atoms with Crippen molar-refractivity contribution in [3.05, 3.63) is 0 Å². The van der Waals surface area contributed by atoms with Crippen LogP contribution >= 0.6 is 0 Å². The maximum absolute atomic E-state index is 13.1. The minimum atomic E-state index is -3.32. The van der Waals surface area contributed by atoms with Gasteiger partial charge in [-0.3, -0.25) is 0 Å². The monoisotopic (exact) mass is 317 g/mol. The lowest BCUT2D eigenvalue weighted by Crippen LogP contribution is -2.57. The van der Waals surface area contributed by atoms with Crippen molar-refractivity contribution >= 4 is 10.2 Å². The van der Waals surface area contributed by atoms with Crippen molar-refractivity contribution < 1.29 is 8.42 Å². The molecule has 0 bridgehead atoms. The highest BCUT2D eigenvalue weighted by Crippen LogP contribution is 2.30. The standard InChI is InChI=1S/C15H31N3O2S/c1-4-16-12-15-9-5-6-10-18(15)21(19,20)17-11-7-8-13(2)14(17)3/h13-16H,4-12H2,1-3H3. The minimum Gasteiger partial charge on any atom is -0.315 e. The number of piperidine rings is 2. The zero-order valence-electron chi connectivity index (χ0n) is 13.7. The molecule has 0 radical (unpaired) electrons. The lowest BCUT2D eigenvalue weighted by Gasteiger charge is -2.43. The van der Waals surface area contributed by atoms with E-state index in [1.54, 1.807) is 8.61 Å². The molecule has 3 atom stereocenters. The second-order valence-corrected chi connectivity index (χ2v) is 8.38. The molecular weight excluding hydrogens is 286 g/mol. The lowest BCUT2D eigenvalue weighted by atomic mass is 9.94. The van der Waals surface area contributed by atoms with Gasteiger partial charge in [0.2, 0.25) is 0 Å². The second-order valence-electron chi connectivity index (χ2n) is 6.55. The van der Waals surface area contributed by atoms with Gasteiger partial charge in [0, 0.05) is 31.7 Å². The number of nitrogens with one attached hydrogen (secondary N) is 1. The van der Waals surface area contributed by atoms with Gasteiger partial charge in [-0.25, -0.2) is 0 Å². The fraction of sp³-hybridized carbons (Fsp3) is 1.00. The van der Waals surface area contributed by atoms with Crippen molar-refractivity contribution in [1.82, 2.24) is 13.9 Å². The second kappa shape index (κ2) is 7.40. The summed E-state index contributed by atoms with van der Waals surface area (Å²) in [5.74, 6) is 0.450. The molecule has 2 aliphatic rings. The molecule has 0 aromatic rings. The van der Waals surface area contributed by atoms with E-state index in [-0.39, 0.29) is 12.1 Å². The molecule has 2 fully saturated rings. The predicted molar refractivity (Wildman–Crippen MR) is 86.4 cm³/mol. The van der Waals surface area contributed by atoms with Crippen LogP contribution in [-0.2, 0) is 10.2 Å². The van der Waals surface area contributed by atoms with Crippen LogP contribution in [0.3, 0.4) is 0 Å². The van der Waals surface area contributed by atoms with Gasteiger partial charge < -0.3 is 5.32 Å². The maximum atomic E-state index is 13.1. The van der Waals surface area contributed by atoms with Crippen LogP contribution in [0, 0.1) is 5.92 Å². The Hall–Kier alpha value is -0.170. The molecule has 2 aliphatic heterocycles. The zero-order chi connectivity index (χ0) is 15.5. The van der Waals surface area contributed by atoms with E-state index in [9.17, 15) is 8.42 Å². The molecule has 0 saturated carbocycles. The molecule has 2 heterocycles. The van der Waals surface area contributed by atoms with Crippen LogP contribution < -0.4 is 5.32 Å². The van der Waals surface area contributed by atoms with Crippen LogP contribution in [0.2, 0.25) is 0 Å². The molecule has 0 amide bonds.